The fourth-order valence-electron chi connectivity index (χ4n) is 3.00. The van der Waals surface area contributed by atoms with Crippen LogP contribution < -0.4 is 5.32 Å². The predicted molar refractivity (Wildman–Crippen MR) is 73.4 cm³/mol. The molecule has 0 bridgehead atoms. The Kier molecular flexibility index (Phi) is 7.09. The summed E-state index contributed by atoms with van der Waals surface area (Å²) >= 11 is 0. The molecule has 0 aromatic heterocycles. The Morgan fingerprint density at radius 1 is 1.35 bits per heavy atom. The molecule has 0 radical (unpaired) electrons. The van der Waals surface area contributed by atoms with Crippen LogP contribution in [0.3, 0.4) is 0 Å². The van der Waals surface area contributed by atoms with Crippen molar-refractivity contribution in [2.45, 2.75) is 39.5 Å². The molecule has 1 N–H and O–H groups in total. The Morgan fingerprint density at radius 3 is 2.76 bits per heavy atom. The molecule has 1 atom stereocenters. The van der Waals surface area contributed by atoms with Crippen LogP contribution in [0.2, 0.25) is 0 Å². The van der Waals surface area contributed by atoms with Gasteiger partial charge in [-0.05, 0) is 45.2 Å². The van der Waals surface area contributed by atoms with Crippen LogP contribution in [-0.2, 0) is 4.74 Å². The molecule has 0 aromatic rings. The Balaban J connectivity index is 2.36. The van der Waals surface area contributed by atoms with E-state index in [0.29, 0.717) is 5.41 Å². The van der Waals surface area contributed by atoms with Crippen LogP contribution in [-0.4, -0.2) is 51.3 Å². The molecule has 0 aromatic carbocycles. The first kappa shape index (κ1) is 14.9. The molecule has 1 aliphatic rings. The normalized spacial score (nSPS) is 25.4. The van der Waals surface area contributed by atoms with E-state index in [2.05, 4.69) is 31.1 Å². The van der Waals surface area contributed by atoms with E-state index in [1.807, 2.05) is 0 Å². The highest BCUT2D eigenvalue weighted by atomic mass is 16.5. The third-order valence-electron chi connectivity index (χ3n) is 3.77. The van der Waals surface area contributed by atoms with Crippen molar-refractivity contribution >= 4 is 0 Å². The fourth-order valence-corrected chi connectivity index (χ4v) is 3.00. The summed E-state index contributed by atoms with van der Waals surface area (Å²) < 4.78 is 5.43. The number of rotatable bonds is 8. The van der Waals surface area contributed by atoms with E-state index in [-0.39, 0.29) is 0 Å². The van der Waals surface area contributed by atoms with Gasteiger partial charge < -0.3 is 15.0 Å². The Labute approximate surface area is 107 Å². The van der Waals surface area contributed by atoms with E-state index in [1.54, 1.807) is 0 Å². The molecule has 0 aliphatic carbocycles. The van der Waals surface area contributed by atoms with Crippen LogP contribution in [0, 0.1) is 5.41 Å². The van der Waals surface area contributed by atoms with Crippen LogP contribution in [0.5, 0.6) is 0 Å². The highest BCUT2D eigenvalue weighted by Gasteiger charge is 2.31. The van der Waals surface area contributed by atoms with Crippen molar-refractivity contribution < 1.29 is 4.74 Å². The summed E-state index contributed by atoms with van der Waals surface area (Å²) in [5.74, 6) is 0. The first-order valence-electron chi connectivity index (χ1n) is 7.19. The average molecular weight is 242 g/mol. The summed E-state index contributed by atoms with van der Waals surface area (Å²) in [4.78, 5) is 2.44. The first-order chi connectivity index (χ1) is 8.22. The SMILES string of the molecule is CCCC1(CN(C)CCOCC)CCCNC1. The molecule has 1 fully saturated rings. The number of hydrogen-bond acceptors (Lipinski definition) is 3. The van der Waals surface area contributed by atoms with Gasteiger partial charge in [-0.2, -0.15) is 0 Å². The van der Waals surface area contributed by atoms with Crippen molar-refractivity contribution in [3.63, 3.8) is 0 Å². The van der Waals surface area contributed by atoms with Gasteiger partial charge in [0.1, 0.15) is 0 Å². The lowest BCUT2D eigenvalue weighted by Crippen LogP contribution is -2.47. The molecule has 1 aliphatic heterocycles. The highest BCUT2D eigenvalue weighted by molar-refractivity contribution is 4.87. The summed E-state index contributed by atoms with van der Waals surface area (Å²) in [5, 5.41) is 3.58. The largest absolute Gasteiger partial charge is 0.380 e. The van der Waals surface area contributed by atoms with E-state index >= 15 is 0 Å². The number of ether oxygens (including phenoxy) is 1. The van der Waals surface area contributed by atoms with Gasteiger partial charge in [0.05, 0.1) is 6.61 Å². The van der Waals surface area contributed by atoms with E-state index in [0.717, 1.165) is 19.8 Å². The Hall–Kier alpha value is -0.120. The van der Waals surface area contributed by atoms with Gasteiger partial charge >= 0.3 is 0 Å². The van der Waals surface area contributed by atoms with Crippen LogP contribution in [0.25, 0.3) is 0 Å². The van der Waals surface area contributed by atoms with Crippen molar-refractivity contribution in [3.8, 4) is 0 Å². The molecule has 102 valence electrons. The predicted octanol–water partition coefficient (Wildman–Crippen LogP) is 2.12. The Morgan fingerprint density at radius 2 is 2.18 bits per heavy atom. The zero-order valence-corrected chi connectivity index (χ0v) is 11.9. The number of nitrogens with zero attached hydrogens (tertiary/aromatic N) is 1. The van der Waals surface area contributed by atoms with Gasteiger partial charge in [0.2, 0.25) is 0 Å². The number of piperidine rings is 1. The topological polar surface area (TPSA) is 24.5 Å². The van der Waals surface area contributed by atoms with E-state index in [1.165, 1.54) is 45.3 Å². The molecule has 3 nitrogen and oxygen atoms in total. The maximum absolute atomic E-state index is 5.43. The van der Waals surface area contributed by atoms with Crippen LogP contribution in [0.1, 0.15) is 39.5 Å². The lowest BCUT2D eigenvalue weighted by molar-refractivity contribution is 0.0832. The Bertz CT molecular complexity index is 185. The zero-order chi connectivity index (χ0) is 12.6. The van der Waals surface area contributed by atoms with Gasteiger partial charge in [-0.25, -0.2) is 0 Å². The zero-order valence-electron chi connectivity index (χ0n) is 11.9. The number of nitrogens with one attached hydrogen (secondary N) is 1. The van der Waals surface area contributed by atoms with Crippen molar-refractivity contribution in [2.75, 3.05) is 46.4 Å². The number of hydrogen-bond donors (Lipinski definition) is 1. The molecule has 1 saturated heterocycles. The van der Waals surface area contributed by atoms with Crippen molar-refractivity contribution in [2.24, 2.45) is 5.41 Å². The van der Waals surface area contributed by atoms with Crippen LogP contribution in [0.4, 0.5) is 0 Å². The van der Waals surface area contributed by atoms with Crippen LogP contribution in [0.15, 0.2) is 0 Å². The second-order valence-corrected chi connectivity index (χ2v) is 5.47. The summed E-state index contributed by atoms with van der Waals surface area (Å²) in [6.45, 7) is 10.7. The first-order valence-corrected chi connectivity index (χ1v) is 7.19. The minimum atomic E-state index is 0.508. The van der Waals surface area contributed by atoms with E-state index in [4.69, 9.17) is 4.74 Å². The lowest BCUT2D eigenvalue weighted by atomic mass is 9.76. The molecular formula is C14H30N2O. The molecule has 1 rings (SSSR count). The maximum atomic E-state index is 5.43. The monoisotopic (exact) mass is 242 g/mol. The fraction of sp³-hybridized carbons (Fsp3) is 1.00. The third kappa shape index (κ3) is 5.36. The molecule has 0 amide bonds. The van der Waals surface area contributed by atoms with Gasteiger partial charge in [0.15, 0.2) is 0 Å². The van der Waals surface area contributed by atoms with E-state index in [9.17, 15) is 0 Å². The van der Waals surface area contributed by atoms with E-state index < -0.39 is 0 Å². The van der Waals surface area contributed by atoms with Crippen molar-refractivity contribution in [1.29, 1.82) is 0 Å². The van der Waals surface area contributed by atoms with Crippen molar-refractivity contribution in [3.05, 3.63) is 0 Å². The average Bonchev–Trinajstić information content (AvgIpc) is 2.30. The second-order valence-electron chi connectivity index (χ2n) is 5.47. The van der Waals surface area contributed by atoms with Crippen molar-refractivity contribution in [1.82, 2.24) is 10.2 Å². The minimum absolute atomic E-state index is 0.508. The van der Waals surface area contributed by atoms with Gasteiger partial charge in [-0.3, -0.25) is 0 Å². The standard InChI is InChI=1S/C14H30N2O/c1-4-7-14(8-6-9-15-12-14)13-16(3)10-11-17-5-2/h15H,4-13H2,1-3H3. The minimum Gasteiger partial charge on any atom is -0.380 e. The third-order valence-corrected chi connectivity index (χ3v) is 3.77. The summed E-state index contributed by atoms with van der Waals surface area (Å²) in [6.07, 6.45) is 5.35. The smallest absolute Gasteiger partial charge is 0.0593 e. The molecule has 0 saturated carbocycles. The maximum Gasteiger partial charge on any atom is 0.0593 e. The van der Waals surface area contributed by atoms with Gasteiger partial charge in [0, 0.05) is 26.2 Å². The van der Waals surface area contributed by atoms with Gasteiger partial charge in [-0.15, -0.1) is 0 Å². The summed E-state index contributed by atoms with van der Waals surface area (Å²) in [7, 11) is 2.23. The molecule has 17 heavy (non-hydrogen) atoms. The van der Waals surface area contributed by atoms with Gasteiger partial charge in [-0.1, -0.05) is 13.3 Å². The molecule has 1 unspecified atom stereocenters. The quantitative estimate of drug-likeness (QED) is 0.660. The molecular weight excluding hydrogens is 212 g/mol. The summed E-state index contributed by atoms with van der Waals surface area (Å²) in [6, 6.07) is 0. The number of likely N-dealkylation sites (N-methyl/N-ethyl adjacent to an activating group) is 1. The second kappa shape index (κ2) is 8.06. The molecule has 3 heteroatoms. The molecule has 0 spiro atoms. The highest BCUT2D eigenvalue weighted by Crippen LogP contribution is 2.32. The van der Waals surface area contributed by atoms with Crippen LogP contribution >= 0.6 is 0 Å². The lowest BCUT2D eigenvalue weighted by Gasteiger charge is -2.40. The molecule has 1 heterocycles. The summed E-state index contributed by atoms with van der Waals surface area (Å²) in [5.41, 5.74) is 0.508. The van der Waals surface area contributed by atoms with Gasteiger partial charge in [0.25, 0.3) is 0 Å².